The second-order valence-corrected chi connectivity index (χ2v) is 6.07. The first kappa shape index (κ1) is 13.9. The van der Waals surface area contributed by atoms with Crippen LogP contribution in [0.4, 0.5) is 0 Å². The van der Waals surface area contributed by atoms with Gasteiger partial charge in [-0.15, -0.1) is 0 Å². The first-order valence-electron chi connectivity index (χ1n) is 6.70. The van der Waals surface area contributed by atoms with Gasteiger partial charge in [-0.25, -0.2) is 0 Å². The van der Waals surface area contributed by atoms with E-state index in [4.69, 9.17) is 11.6 Å². The summed E-state index contributed by atoms with van der Waals surface area (Å²) in [6.45, 7) is 3.25. The summed E-state index contributed by atoms with van der Waals surface area (Å²) in [6, 6.07) is 8.46. The molecular formula is C15H23ClN2. The van der Waals surface area contributed by atoms with Gasteiger partial charge in [-0.3, -0.25) is 0 Å². The molecular weight excluding hydrogens is 244 g/mol. The number of hydrogen-bond donors (Lipinski definition) is 1. The third-order valence-corrected chi connectivity index (χ3v) is 4.55. The van der Waals surface area contributed by atoms with Crippen molar-refractivity contribution in [2.45, 2.75) is 37.8 Å². The zero-order valence-electron chi connectivity index (χ0n) is 11.5. The Hall–Kier alpha value is -0.570. The van der Waals surface area contributed by atoms with E-state index < -0.39 is 0 Å². The molecule has 3 heteroatoms. The molecule has 0 aliphatic heterocycles. The number of nitrogens with one attached hydrogen (secondary N) is 1. The molecule has 0 saturated heterocycles. The van der Waals surface area contributed by atoms with Crippen LogP contribution < -0.4 is 5.32 Å². The highest BCUT2D eigenvalue weighted by atomic mass is 35.5. The van der Waals surface area contributed by atoms with E-state index in [9.17, 15) is 0 Å². The van der Waals surface area contributed by atoms with E-state index in [1.807, 2.05) is 18.2 Å². The lowest BCUT2D eigenvalue weighted by molar-refractivity contribution is 0.0576. The van der Waals surface area contributed by atoms with Crippen molar-refractivity contribution in [3.05, 3.63) is 34.9 Å². The molecule has 1 aliphatic rings. The Morgan fingerprint density at radius 3 is 2.61 bits per heavy atom. The maximum atomic E-state index is 6.03. The van der Waals surface area contributed by atoms with Crippen LogP contribution in [0.3, 0.4) is 0 Å². The molecule has 2 rings (SSSR count). The number of likely N-dealkylation sites (N-methyl/N-ethyl adjacent to an activating group) is 1. The summed E-state index contributed by atoms with van der Waals surface area (Å²) >= 11 is 6.03. The third kappa shape index (κ3) is 2.87. The molecule has 0 amide bonds. The minimum atomic E-state index is 0.348. The highest BCUT2D eigenvalue weighted by molar-refractivity contribution is 6.30. The van der Waals surface area contributed by atoms with Crippen molar-refractivity contribution in [2.75, 3.05) is 20.6 Å². The van der Waals surface area contributed by atoms with Crippen LogP contribution >= 0.6 is 11.6 Å². The van der Waals surface area contributed by atoms with E-state index in [0.717, 1.165) is 11.6 Å². The van der Waals surface area contributed by atoms with Gasteiger partial charge < -0.3 is 10.2 Å². The maximum Gasteiger partial charge on any atom is 0.0409 e. The van der Waals surface area contributed by atoms with Crippen molar-refractivity contribution >= 4 is 11.6 Å². The number of rotatable bonds is 5. The van der Waals surface area contributed by atoms with Crippen molar-refractivity contribution in [1.29, 1.82) is 0 Å². The normalized spacial score (nSPS) is 19.6. The lowest BCUT2D eigenvalue weighted by Gasteiger charge is -2.48. The van der Waals surface area contributed by atoms with Crippen LogP contribution in [0.15, 0.2) is 24.3 Å². The Bertz CT molecular complexity index is 399. The fraction of sp³-hybridized carbons (Fsp3) is 0.600. The molecule has 0 spiro atoms. The summed E-state index contributed by atoms with van der Waals surface area (Å²) in [6.07, 6.45) is 3.95. The summed E-state index contributed by atoms with van der Waals surface area (Å²) in [4.78, 5) is 2.37. The van der Waals surface area contributed by atoms with Gasteiger partial charge in [-0.2, -0.15) is 0 Å². The van der Waals surface area contributed by atoms with Crippen LogP contribution in [0.25, 0.3) is 0 Å². The van der Waals surface area contributed by atoms with Gasteiger partial charge in [0.05, 0.1) is 0 Å². The minimum absolute atomic E-state index is 0.348. The lowest BCUT2D eigenvalue weighted by atomic mass is 9.75. The molecule has 1 aromatic rings. The Labute approximate surface area is 115 Å². The molecule has 1 atom stereocenters. The molecule has 1 aromatic carbocycles. The van der Waals surface area contributed by atoms with E-state index in [1.54, 1.807) is 0 Å². The number of hydrogen-bond acceptors (Lipinski definition) is 2. The van der Waals surface area contributed by atoms with Crippen molar-refractivity contribution < 1.29 is 0 Å². The number of benzene rings is 1. The second-order valence-electron chi connectivity index (χ2n) is 5.63. The quantitative estimate of drug-likeness (QED) is 0.878. The monoisotopic (exact) mass is 266 g/mol. The van der Waals surface area contributed by atoms with E-state index in [1.165, 1.54) is 24.8 Å². The lowest BCUT2D eigenvalue weighted by Crippen LogP contribution is -2.56. The molecule has 0 heterocycles. The molecule has 2 nitrogen and oxygen atoms in total. The van der Waals surface area contributed by atoms with E-state index in [2.05, 4.69) is 37.3 Å². The van der Waals surface area contributed by atoms with Crippen LogP contribution in [-0.4, -0.2) is 31.1 Å². The van der Waals surface area contributed by atoms with Crippen LogP contribution in [0.2, 0.25) is 5.02 Å². The Morgan fingerprint density at radius 1 is 1.39 bits per heavy atom. The largest absolute Gasteiger partial charge is 0.308 e. The highest BCUT2D eigenvalue weighted by Gasteiger charge is 2.38. The van der Waals surface area contributed by atoms with Gasteiger partial charge in [-0.1, -0.05) is 23.7 Å². The SMILES string of the molecule is CC(NCC1(N(C)C)CCC1)c1cccc(Cl)c1. The van der Waals surface area contributed by atoms with Crippen LogP contribution in [0.5, 0.6) is 0 Å². The van der Waals surface area contributed by atoms with Gasteiger partial charge in [0.15, 0.2) is 0 Å². The average molecular weight is 267 g/mol. The summed E-state index contributed by atoms with van der Waals surface area (Å²) in [5.74, 6) is 0. The van der Waals surface area contributed by atoms with E-state index in [0.29, 0.717) is 11.6 Å². The molecule has 1 aliphatic carbocycles. The molecule has 1 unspecified atom stereocenters. The van der Waals surface area contributed by atoms with E-state index >= 15 is 0 Å². The van der Waals surface area contributed by atoms with Crippen LogP contribution in [0.1, 0.15) is 37.8 Å². The number of halogens is 1. The van der Waals surface area contributed by atoms with E-state index in [-0.39, 0.29) is 0 Å². The second kappa shape index (κ2) is 5.60. The Balaban J connectivity index is 1.94. The summed E-state index contributed by atoms with van der Waals surface area (Å²) in [7, 11) is 4.37. The Kier molecular flexibility index (Phi) is 4.31. The van der Waals surface area contributed by atoms with Crippen molar-refractivity contribution in [1.82, 2.24) is 10.2 Å². The molecule has 1 saturated carbocycles. The predicted molar refractivity (Wildman–Crippen MR) is 78.1 cm³/mol. The van der Waals surface area contributed by atoms with Gasteiger partial charge in [-0.05, 0) is 58.0 Å². The smallest absolute Gasteiger partial charge is 0.0409 e. The molecule has 0 aromatic heterocycles. The molecule has 100 valence electrons. The molecule has 1 N–H and O–H groups in total. The summed E-state index contributed by atoms with van der Waals surface area (Å²) in [5.41, 5.74) is 1.63. The van der Waals surface area contributed by atoms with Gasteiger partial charge in [0.1, 0.15) is 0 Å². The van der Waals surface area contributed by atoms with Crippen molar-refractivity contribution in [3.8, 4) is 0 Å². The minimum Gasteiger partial charge on any atom is -0.308 e. The number of nitrogens with zero attached hydrogens (tertiary/aromatic N) is 1. The average Bonchev–Trinajstić information content (AvgIpc) is 2.26. The molecule has 18 heavy (non-hydrogen) atoms. The first-order valence-corrected chi connectivity index (χ1v) is 7.08. The van der Waals surface area contributed by atoms with Crippen LogP contribution in [0, 0.1) is 0 Å². The standard InChI is InChI=1S/C15H23ClN2/c1-12(13-6-4-7-14(16)10-13)17-11-15(18(2)3)8-5-9-15/h4,6-7,10,12,17H,5,8-9,11H2,1-3H3. The summed E-state index contributed by atoms with van der Waals surface area (Å²) in [5, 5.41) is 4.46. The fourth-order valence-corrected chi connectivity index (χ4v) is 2.80. The van der Waals surface area contributed by atoms with Gasteiger partial charge in [0.25, 0.3) is 0 Å². The first-order chi connectivity index (χ1) is 8.53. The molecule has 0 radical (unpaired) electrons. The Morgan fingerprint density at radius 2 is 2.11 bits per heavy atom. The third-order valence-electron chi connectivity index (χ3n) is 4.32. The summed E-state index contributed by atoms with van der Waals surface area (Å²) < 4.78 is 0. The van der Waals surface area contributed by atoms with Crippen molar-refractivity contribution in [2.24, 2.45) is 0 Å². The molecule has 0 bridgehead atoms. The zero-order chi connectivity index (χ0) is 13.2. The maximum absolute atomic E-state index is 6.03. The fourth-order valence-electron chi connectivity index (χ4n) is 2.60. The highest BCUT2D eigenvalue weighted by Crippen LogP contribution is 2.36. The van der Waals surface area contributed by atoms with Crippen molar-refractivity contribution in [3.63, 3.8) is 0 Å². The predicted octanol–water partition coefficient (Wildman–Crippen LogP) is 3.47. The van der Waals surface area contributed by atoms with Gasteiger partial charge in [0.2, 0.25) is 0 Å². The van der Waals surface area contributed by atoms with Gasteiger partial charge in [0, 0.05) is 23.1 Å². The van der Waals surface area contributed by atoms with Gasteiger partial charge >= 0.3 is 0 Å². The molecule has 1 fully saturated rings. The topological polar surface area (TPSA) is 15.3 Å². The van der Waals surface area contributed by atoms with Crippen LogP contribution in [-0.2, 0) is 0 Å². The zero-order valence-corrected chi connectivity index (χ0v) is 12.3.